The Hall–Kier alpha value is -2.68. The highest BCUT2D eigenvalue weighted by Crippen LogP contribution is 2.35. The highest BCUT2D eigenvalue weighted by atomic mass is 19.1. The molecule has 0 bridgehead atoms. The predicted molar refractivity (Wildman–Crippen MR) is 94.9 cm³/mol. The summed E-state index contributed by atoms with van der Waals surface area (Å²) in [6, 6.07) is 4.54. The Bertz CT molecular complexity index is 769. The first kappa shape index (κ1) is 19.1. The van der Waals surface area contributed by atoms with Gasteiger partial charge in [-0.3, -0.25) is 9.69 Å². The number of nitrogens with zero attached hydrogens (tertiary/aromatic N) is 2. The van der Waals surface area contributed by atoms with Gasteiger partial charge in [0.05, 0.1) is 24.0 Å². The van der Waals surface area contributed by atoms with Crippen molar-refractivity contribution >= 4 is 23.4 Å². The zero-order chi connectivity index (χ0) is 19.6. The van der Waals surface area contributed by atoms with Crippen LogP contribution >= 0.6 is 0 Å². The van der Waals surface area contributed by atoms with Crippen molar-refractivity contribution in [3.63, 3.8) is 0 Å². The second-order valence-corrected chi connectivity index (χ2v) is 6.64. The van der Waals surface area contributed by atoms with Crippen LogP contribution in [0.5, 0.6) is 0 Å². The number of nitrogens with one attached hydrogen (secondary N) is 1. The molecule has 0 spiro atoms. The van der Waals surface area contributed by atoms with Crippen LogP contribution in [-0.4, -0.2) is 48.8 Å². The lowest BCUT2D eigenvalue weighted by atomic mass is 9.81. The Morgan fingerprint density at radius 1 is 1.48 bits per heavy atom. The number of halogens is 1. The van der Waals surface area contributed by atoms with E-state index in [2.05, 4.69) is 10.5 Å². The molecule has 2 amide bonds. The number of rotatable bonds is 4. The molecule has 3 unspecified atom stereocenters. The predicted octanol–water partition coefficient (Wildman–Crippen LogP) is 1.88. The maximum absolute atomic E-state index is 14.7. The highest BCUT2D eigenvalue weighted by Gasteiger charge is 2.34. The molecule has 1 aliphatic carbocycles. The number of aliphatic hydroxyl groups is 1. The summed E-state index contributed by atoms with van der Waals surface area (Å²) in [4.78, 5) is 29.1. The molecule has 1 saturated carbocycles. The lowest BCUT2D eigenvalue weighted by Crippen LogP contribution is -2.36. The van der Waals surface area contributed by atoms with E-state index >= 15 is 0 Å². The van der Waals surface area contributed by atoms with Crippen molar-refractivity contribution < 1.29 is 28.7 Å². The summed E-state index contributed by atoms with van der Waals surface area (Å²) in [5.74, 6) is -0.918. The fourth-order valence-corrected chi connectivity index (χ4v) is 3.51. The monoisotopic (exact) mass is 379 g/mol. The van der Waals surface area contributed by atoms with E-state index in [1.54, 1.807) is 12.1 Å². The van der Waals surface area contributed by atoms with E-state index in [0.29, 0.717) is 36.2 Å². The number of oxime groups is 1. The third-order valence-electron chi connectivity index (χ3n) is 4.76. The first-order chi connectivity index (χ1) is 12.9. The molecule has 9 heteroatoms. The normalized spacial score (nSPS) is 26.8. The number of cyclic esters (lactones) is 1. The summed E-state index contributed by atoms with van der Waals surface area (Å²) in [5.41, 5.74) is 1.40. The summed E-state index contributed by atoms with van der Waals surface area (Å²) in [6.07, 6.45) is -0.646. The second kappa shape index (κ2) is 7.91. The van der Waals surface area contributed by atoms with E-state index in [1.165, 1.54) is 25.0 Å². The number of carbonyl (C=O) groups excluding carboxylic acids is 2. The van der Waals surface area contributed by atoms with Gasteiger partial charge in [0.1, 0.15) is 12.9 Å². The first-order valence-corrected chi connectivity index (χ1v) is 8.71. The third-order valence-corrected chi connectivity index (χ3v) is 4.76. The van der Waals surface area contributed by atoms with E-state index in [-0.39, 0.29) is 18.4 Å². The number of amides is 2. The van der Waals surface area contributed by atoms with E-state index < -0.39 is 24.2 Å². The van der Waals surface area contributed by atoms with Gasteiger partial charge in [0, 0.05) is 6.92 Å². The maximum atomic E-state index is 14.7. The van der Waals surface area contributed by atoms with Gasteiger partial charge in [0.15, 0.2) is 6.23 Å². The number of ether oxygens (including phenoxy) is 1. The van der Waals surface area contributed by atoms with Crippen LogP contribution < -0.4 is 10.2 Å². The molecule has 1 aliphatic heterocycles. The Morgan fingerprint density at radius 3 is 2.89 bits per heavy atom. The standard InChI is InChI=1S/C18H22FN3O5/c1-10(23)20-17-9-22(18(25)27-17)12-4-5-13(14(19)8-12)11-3-6-15(21-26-2)16(24)7-11/h4-5,8,11,16-17,24H,3,6-7,9H2,1-2H3,(H,20,23). The Labute approximate surface area is 155 Å². The topological polar surface area (TPSA) is 100 Å². The van der Waals surface area contributed by atoms with Crippen LogP contribution in [0.2, 0.25) is 0 Å². The SMILES string of the molecule is CON=C1CCC(c2ccc(N3CC(NC(C)=O)OC3=O)cc2F)CC1O. The largest absolute Gasteiger partial charge is 0.423 e. The van der Waals surface area contributed by atoms with Crippen LogP contribution in [0.4, 0.5) is 14.9 Å². The number of aliphatic hydroxyl groups excluding tert-OH is 1. The summed E-state index contributed by atoms with van der Waals surface area (Å²) in [7, 11) is 1.42. The number of anilines is 1. The molecule has 2 fully saturated rings. The summed E-state index contributed by atoms with van der Waals surface area (Å²) in [5, 5.41) is 16.5. The van der Waals surface area contributed by atoms with E-state index in [0.717, 1.165) is 0 Å². The lowest BCUT2D eigenvalue weighted by molar-refractivity contribution is -0.121. The van der Waals surface area contributed by atoms with Crippen LogP contribution in [0.25, 0.3) is 0 Å². The molecule has 2 aliphatic rings. The lowest BCUT2D eigenvalue weighted by Gasteiger charge is -2.27. The fraction of sp³-hybridized carbons (Fsp3) is 0.500. The Morgan fingerprint density at radius 2 is 2.26 bits per heavy atom. The molecule has 1 aromatic rings. The van der Waals surface area contributed by atoms with E-state index in [4.69, 9.17) is 9.57 Å². The minimum absolute atomic E-state index is 0.107. The molecule has 3 atom stereocenters. The summed E-state index contributed by atoms with van der Waals surface area (Å²) < 4.78 is 19.8. The molecular weight excluding hydrogens is 357 g/mol. The molecule has 27 heavy (non-hydrogen) atoms. The zero-order valence-corrected chi connectivity index (χ0v) is 15.1. The molecule has 1 aromatic carbocycles. The molecule has 1 heterocycles. The van der Waals surface area contributed by atoms with Crippen LogP contribution in [0, 0.1) is 5.82 Å². The highest BCUT2D eigenvalue weighted by molar-refractivity contribution is 5.90. The van der Waals surface area contributed by atoms with Crippen LogP contribution in [0.1, 0.15) is 37.7 Å². The Kier molecular flexibility index (Phi) is 5.59. The molecular formula is C18H22FN3O5. The summed E-state index contributed by atoms with van der Waals surface area (Å²) >= 11 is 0. The smallest absolute Gasteiger partial charge is 0.416 e. The van der Waals surface area contributed by atoms with Gasteiger partial charge in [0.2, 0.25) is 5.91 Å². The number of benzene rings is 1. The molecule has 2 N–H and O–H groups in total. The van der Waals surface area contributed by atoms with Crippen molar-refractivity contribution in [1.82, 2.24) is 5.32 Å². The van der Waals surface area contributed by atoms with Gasteiger partial charge in [-0.2, -0.15) is 0 Å². The van der Waals surface area contributed by atoms with Gasteiger partial charge in [-0.05, 0) is 42.9 Å². The van der Waals surface area contributed by atoms with Gasteiger partial charge in [-0.1, -0.05) is 11.2 Å². The van der Waals surface area contributed by atoms with E-state index in [1.807, 2.05) is 0 Å². The van der Waals surface area contributed by atoms with Crippen molar-refractivity contribution in [2.45, 2.75) is 44.4 Å². The van der Waals surface area contributed by atoms with Crippen LogP contribution in [0.3, 0.4) is 0 Å². The van der Waals surface area contributed by atoms with Crippen molar-refractivity contribution in [1.29, 1.82) is 0 Å². The number of hydrogen-bond acceptors (Lipinski definition) is 6. The van der Waals surface area contributed by atoms with E-state index in [9.17, 15) is 19.1 Å². The number of carbonyl (C=O) groups is 2. The van der Waals surface area contributed by atoms with Gasteiger partial charge < -0.3 is 20.0 Å². The average Bonchev–Trinajstić information content (AvgIpc) is 2.96. The van der Waals surface area contributed by atoms with Gasteiger partial charge >= 0.3 is 6.09 Å². The number of hydrogen-bond donors (Lipinski definition) is 2. The van der Waals surface area contributed by atoms with Crippen LogP contribution in [-0.2, 0) is 14.4 Å². The van der Waals surface area contributed by atoms with Crippen molar-refractivity contribution in [3.8, 4) is 0 Å². The second-order valence-electron chi connectivity index (χ2n) is 6.64. The average molecular weight is 379 g/mol. The Balaban J connectivity index is 1.72. The molecule has 0 aromatic heterocycles. The van der Waals surface area contributed by atoms with Crippen molar-refractivity contribution in [3.05, 3.63) is 29.6 Å². The fourth-order valence-electron chi connectivity index (χ4n) is 3.51. The first-order valence-electron chi connectivity index (χ1n) is 8.71. The van der Waals surface area contributed by atoms with Crippen molar-refractivity contribution in [2.75, 3.05) is 18.6 Å². The van der Waals surface area contributed by atoms with Gasteiger partial charge in [-0.25, -0.2) is 9.18 Å². The van der Waals surface area contributed by atoms with Crippen LogP contribution in [0.15, 0.2) is 23.4 Å². The molecule has 8 nitrogen and oxygen atoms in total. The quantitative estimate of drug-likeness (QED) is 0.778. The molecule has 0 radical (unpaired) electrons. The maximum Gasteiger partial charge on any atom is 0.416 e. The third kappa shape index (κ3) is 4.19. The minimum atomic E-state index is -0.769. The summed E-state index contributed by atoms with van der Waals surface area (Å²) in [6.45, 7) is 1.43. The zero-order valence-electron chi connectivity index (χ0n) is 15.1. The van der Waals surface area contributed by atoms with Crippen molar-refractivity contribution in [2.24, 2.45) is 5.16 Å². The molecule has 146 valence electrons. The van der Waals surface area contributed by atoms with Gasteiger partial charge in [0.25, 0.3) is 0 Å². The van der Waals surface area contributed by atoms with Gasteiger partial charge in [-0.15, -0.1) is 0 Å². The molecule has 1 saturated heterocycles. The minimum Gasteiger partial charge on any atom is -0.423 e. The molecule has 3 rings (SSSR count).